The topological polar surface area (TPSA) is 36.3 Å². The number of methoxy groups -OCH3 is 1. The Balaban J connectivity index is 2.04. The predicted molar refractivity (Wildman–Crippen MR) is 55.4 cm³/mol. The molecule has 1 aliphatic heterocycles. The molecule has 0 spiro atoms. The van der Waals surface area contributed by atoms with E-state index in [9.17, 15) is 0 Å². The van der Waals surface area contributed by atoms with Gasteiger partial charge in [-0.2, -0.15) is 5.10 Å². The Morgan fingerprint density at radius 2 is 2.64 bits per heavy atom. The molecule has 0 N–H and O–H groups in total. The first-order chi connectivity index (χ1) is 6.81. The van der Waals surface area contributed by atoms with Crippen molar-refractivity contribution in [3.63, 3.8) is 0 Å². The van der Waals surface area contributed by atoms with Crippen LogP contribution in [0.4, 0.5) is 0 Å². The lowest BCUT2D eigenvalue weighted by atomic mass is 10.1. The second-order valence-corrected chi connectivity index (χ2v) is 4.17. The van der Waals surface area contributed by atoms with Gasteiger partial charge < -0.3 is 9.47 Å². The molecule has 1 atom stereocenters. The van der Waals surface area contributed by atoms with Gasteiger partial charge in [-0.25, -0.2) is 0 Å². The van der Waals surface area contributed by atoms with Crippen LogP contribution in [0.15, 0.2) is 10.8 Å². The average molecular weight is 261 g/mol. The first kappa shape index (κ1) is 9.98. The molecule has 1 aliphatic rings. The molecule has 1 unspecified atom stereocenters. The minimum Gasteiger partial charge on any atom is -0.492 e. The molecular formula is C9H13BrN2O2. The lowest BCUT2D eigenvalue weighted by molar-refractivity contribution is 0.181. The summed E-state index contributed by atoms with van der Waals surface area (Å²) in [7, 11) is 1.64. The maximum atomic E-state index is 5.31. The van der Waals surface area contributed by atoms with Crippen LogP contribution in [0.25, 0.3) is 0 Å². The molecule has 0 bridgehead atoms. The lowest BCUT2D eigenvalue weighted by Crippen LogP contribution is -2.11. The fraction of sp³-hybridized carbons (Fsp3) is 0.667. The van der Waals surface area contributed by atoms with Crippen molar-refractivity contribution >= 4 is 15.9 Å². The Kier molecular flexibility index (Phi) is 3.08. The minimum atomic E-state index is 0.580. The first-order valence-corrected chi connectivity index (χ1v) is 5.43. The number of nitrogens with zero attached hydrogens (tertiary/aromatic N) is 2. The number of hydrogen-bond donors (Lipinski definition) is 0. The molecule has 0 saturated carbocycles. The van der Waals surface area contributed by atoms with Crippen LogP contribution >= 0.6 is 15.9 Å². The minimum absolute atomic E-state index is 0.580. The Hall–Kier alpha value is -0.550. The van der Waals surface area contributed by atoms with Crippen LogP contribution in [0, 0.1) is 5.92 Å². The highest BCUT2D eigenvalue weighted by Gasteiger charge is 2.18. The van der Waals surface area contributed by atoms with Crippen LogP contribution in [0.1, 0.15) is 6.42 Å². The van der Waals surface area contributed by atoms with Crippen LogP contribution in [0.5, 0.6) is 5.75 Å². The number of ether oxygens (including phenoxy) is 2. The molecule has 1 saturated heterocycles. The monoisotopic (exact) mass is 260 g/mol. The molecule has 14 heavy (non-hydrogen) atoms. The van der Waals surface area contributed by atoms with Gasteiger partial charge >= 0.3 is 0 Å². The van der Waals surface area contributed by atoms with E-state index in [0.29, 0.717) is 5.92 Å². The summed E-state index contributed by atoms with van der Waals surface area (Å²) in [5.41, 5.74) is 0. The molecule has 2 heterocycles. The third-order valence-corrected chi connectivity index (χ3v) is 3.22. The predicted octanol–water partition coefficient (Wildman–Crippen LogP) is 1.69. The van der Waals surface area contributed by atoms with Crippen LogP contribution in [0.2, 0.25) is 0 Å². The van der Waals surface area contributed by atoms with Gasteiger partial charge in [0.25, 0.3) is 0 Å². The van der Waals surface area contributed by atoms with Crippen molar-refractivity contribution in [2.24, 2.45) is 5.92 Å². The summed E-state index contributed by atoms with van der Waals surface area (Å²) in [5, 5.41) is 4.24. The van der Waals surface area contributed by atoms with E-state index in [1.165, 1.54) is 0 Å². The molecule has 0 aliphatic carbocycles. The summed E-state index contributed by atoms with van der Waals surface area (Å²) in [6.45, 7) is 2.61. The molecule has 5 heteroatoms. The Morgan fingerprint density at radius 1 is 1.79 bits per heavy atom. The van der Waals surface area contributed by atoms with Gasteiger partial charge in [-0.15, -0.1) is 0 Å². The zero-order chi connectivity index (χ0) is 9.97. The van der Waals surface area contributed by atoms with Gasteiger partial charge in [0.1, 0.15) is 4.60 Å². The molecule has 4 nitrogen and oxygen atoms in total. The molecule has 1 aromatic rings. The van der Waals surface area contributed by atoms with E-state index in [0.717, 1.165) is 36.5 Å². The van der Waals surface area contributed by atoms with E-state index in [2.05, 4.69) is 21.0 Å². The number of aromatic nitrogens is 2. The van der Waals surface area contributed by atoms with Gasteiger partial charge in [-0.3, -0.25) is 4.68 Å². The van der Waals surface area contributed by atoms with E-state index in [-0.39, 0.29) is 0 Å². The van der Waals surface area contributed by atoms with E-state index in [1.54, 1.807) is 13.3 Å². The standard InChI is InChI=1S/C9H13BrN2O2/c1-13-8-4-11-12(9(8)10)5-7-2-3-14-6-7/h4,7H,2-3,5-6H2,1H3. The fourth-order valence-corrected chi connectivity index (χ4v) is 2.09. The molecule has 0 aromatic carbocycles. The fourth-order valence-electron chi connectivity index (χ4n) is 1.59. The van der Waals surface area contributed by atoms with E-state index in [1.807, 2.05) is 4.68 Å². The third kappa shape index (κ3) is 1.93. The zero-order valence-corrected chi connectivity index (χ0v) is 9.66. The summed E-state index contributed by atoms with van der Waals surface area (Å²) < 4.78 is 13.3. The summed E-state index contributed by atoms with van der Waals surface area (Å²) in [4.78, 5) is 0. The van der Waals surface area contributed by atoms with Crippen molar-refractivity contribution < 1.29 is 9.47 Å². The van der Waals surface area contributed by atoms with Crippen molar-refractivity contribution in [2.45, 2.75) is 13.0 Å². The van der Waals surface area contributed by atoms with E-state index < -0.39 is 0 Å². The summed E-state index contributed by atoms with van der Waals surface area (Å²) in [5.74, 6) is 1.36. The highest BCUT2D eigenvalue weighted by molar-refractivity contribution is 9.10. The normalized spacial score (nSPS) is 21.4. The van der Waals surface area contributed by atoms with Crippen molar-refractivity contribution in [1.82, 2.24) is 9.78 Å². The average Bonchev–Trinajstić information content (AvgIpc) is 2.79. The quantitative estimate of drug-likeness (QED) is 0.830. The lowest BCUT2D eigenvalue weighted by Gasteiger charge is -2.08. The zero-order valence-electron chi connectivity index (χ0n) is 8.07. The van der Waals surface area contributed by atoms with Gasteiger partial charge in [0.15, 0.2) is 5.75 Å². The summed E-state index contributed by atoms with van der Waals surface area (Å²) in [6, 6.07) is 0. The maximum Gasteiger partial charge on any atom is 0.171 e. The van der Waals surface area contributed by atoms with Crippen molar-refractivity contribution in [3.8, 4) is 5.75 Å². The smallest absolute Gasteiger partial charge is 0.171 e. The highest BCUT2D eigenvalue weighted by Crippen LogP contribution is 2.25. The molecule has 1 fully saturated rings. The molecule has 78 valence electrons. The third-order valence-electron chi connectivity index (χ3n) is 2.42. The van der Waals surface area contributed by atoms with Gasteiger partial charge in [0.05, 0.1) is 19.9 Å². The largest absolute Gasteiger partial charge is 0.492 e. The van der Waals surface area contributed by atoms with Crippen LogP contribution in [-0.2, 0) is 11.3 Å². The Bertz CT molecular complexity index is 308. The van der Waals surface area contributed by atoms with E-state index >= 15 is 0 Å². The molecule has 0 amide bonds. The Morgan fingerprint density at radius 3 is 3.21 bits per heavy atom. The van der Waals surface area contributed by atoms with Crippen molar-refractivity contribution in [2.75, 3.05) is 20.3 Å². The van der Waals surface area contributed by atoms with Gasteiger partial charge in [-0.05, 0) is 22.4 Å². The Labute approximate surface area is 91.3 Å². The molecule has 0 radical (unpaired) electrons. The summed E-state index contributed by atoms with van der Waals surface area (Å²) >= 11 is 3.45. The van der Waals surface area contributed by atoms with Crippen molar-refractivity contribution in [1.29, 1.82) is 0 Å². The van der Waals surface area contributed by atoms with Gasteiger partial charge in [0, 0.05) is 19.1 Å². The second kappa shape index (κ2) is 4.31. The molecule has 1 aromatic heterocycles. The van der Waals surface area contributed by atoms with Crippen molar-refractivity contribution in [3.05, 3.63) is 10.8 Å². The SMILES string of the molecule is COc1cnn(CC2CCOC2)c1Br. The number of rotatable bonds is 3. The second-order valence-electron chi connectivity index (χ2n) is 3.42. The van der Waals surface area contributed by atoms with Crippen LogP contribution < -0.4 is 4.74 Å². The number of halogens is 1. The van der Waals surface area contributed by atoms with Crippen LogP contribution in [-0.4, -0.2) is 30.1 Å². The number of hydrogen-bond acceptors (Lipinski definition) is 3. The highest BCUT2D eigenvalue weighted by atomic mass is 79.9. The molecule has 2 rings (SSSR count). The van der Waals surface area contributed by atoms with Gasteiger partial charge in [0.2, 0.25) is 0 Å². The maximum absolute atomic E-state index is 5.31. The molecular weight excluding hydrogens is 248 g/mol. The van der Waals surface area contributed by atoms with Crippen LogP contribution in [0.3, 0.4) is 0 Å². The van der Waals surface area contributed by atoms with Gasteiger partial charge in [-0.1, -0.05) is 0 Å². The first-order valence-electron chi connectivity index (χ1n) is 4.64. The van der Waals surface area contributed by atoms with E-state index in [4.69, 9.17) is 9.47 Å². The summed E-state index contributed by atoms with van der Waals surface area (Å²) in [6.07, 6.45) is 2.84.